The molecule has 0 amide bonds. The number of carbonyl (C=O) groups is 4. The van der Waals surface area contributed by atoms with Crippen LogP contribution in [0.4, 0.5) is 0 Å². The van der Waals surface area contributed by atoms with Gasteiger partial charge < -0.3 is 24.8 Å². The van der Waals surface area contributed by atoms with Gasteiger partial charge >= 0.3 is 23.9 Å². The zero-order valence-corrected chi connectivity index (χ0v) is 21.0. The van der Waals surface area contributed by atoms with Crippen molar-refractivity contribution in [1.29, 1.82) is 0 Å². The summed E-state index contributed by atoms with van der Waals surface area (Å²) in [6.07, 6.45) is 5.76. The third kappa shape index (κ3) is 23.7. The minimum atomic E-state index is -1.61. The number of carbonyl (C=O) groups excluding carboxylic acids is 2. The molecule has 0 aliphatic rings. The standard InChI is InChI=1S/C14H24O5.C7H12O2.C4H6O2/c1-4-6-7-8-11(5-2)19-14(18)10(3)9-12(15)13(16)17;1-3-5-6-9-7(8)4-2;1-3(2)4(5)6/h11-12,15H,3-9H2,1-2H3,(H,16,17);4H,2-3,5-6H2,1H3;1H2,2H3,(H,5,6). The molecule has 0 aromatic heterocycles. The number of hydrogen-bond donors (Lipinski definition) is 3. The fourth-order valence-electron chi connectivity index (χ4n) is 1.98. The fraction of sp³-hybridized carbons (Fsp3) is 0.600. The molecule has 0 spiro atoms. The Labute approximate surface area is 203 Å². The van der Waals surface area contributed by atoms with Gasteiger partial charge in [-0.05, 0) is 32.6 Å². The molecule has 9 heteroatoms. The van der Waals surface area contributed by atoms with Crippen LogP contribution in [0, 0.1) is 0 Å². The Morgan fingerprint density at radius 1 is 0.971 bits per heavy atom. The van der Waals surface area contributed by atoms with E-state index in [1.807, 2.05) is 13.8 Å². The van der Waals surface area contributed by atoms with E-state index in [1.54, 1.807) is 0 Å². The summed E-state index contributed by atoms with van der Waals surface area (Å²) in [5.41, 5.74) is 0.166. The first-order chi connectivity index (χ1) is 15.9. The summed E-state index contributed by atoms with van der Waals surface area (Å²) in [5.74, 6) is -3.26. The molecule has 0 fully saturated rings. The average molecular weight is 487 g/mol. The van der Waals surface area contributed by atoms with Gasteiger partial charge in [0.2, 0.25) is 0 Å². The number of aliphatic carboxylic acids is 2. The highest BCUT2D eigenvalue weighted by molar-refractivity contribution is 5.89. The van der Waals surface area contributed by atoms with Crippen LogP contribution in [0.2, 0.25) is 0 Å². The number of unbranched alkanes of at least 4 members (excludes halogenated alkanes) is 3. The molecule has 0 saturated carbocycles. The number of carboxylic acids is 2. The molecule has 2 unspecified atom stereocenters. The topological polar surface area (TPSA) is 147 Å². The van der Waals surface area contributed by atoms with Crippen LogP contribution in [0.1, 0.15) is 79.1 Å². The third-order valence-electron chi connectivity index (χ3n) is 4.15. The highest BCUT2D eigenvalue weighted by Crippen LogP contribution is 2.14. The predicted molar refractivity (Wildman–Crippen MR) is 130 cm³/mol. The van der Waals surface area contributed by atoms with Gasteiger partial charge in [0, 0.05) is 23.6 Å². The second-order valence-electron chi connectivity index (χ2n) is 7.40. The van der Waals surface area contributed by atoms with Crippen molar-refractivity contribution in [2.45, 2.75) is 91.3 Å². The molecule has 0 aliphatic heterocycles. The largest absolute Gasteiger partial charge is 0.479 e. The van der Waals surface area contributed by atoms with Gasteiger partial charge in [-0.2, -0.15) is 0 Å². The van der Waals surface area contributed by atoms with Crippen LogP contribution < -0.4 is 0 Å². The fourth-order valence-corrected chi connectivity index (χ4v) is 1.98. The molecule has 0 bridgehead atoms. The lowest BCUT2D eigenvalue weighted by Gasteiger charge is -2.17. The van der Waals surface area contributed by atoms with Crippen LogP contribution in [-0.4, -0.2) is 58.0 Å². The number of aliphatic hydroxyl groups is 1. The Morgan fingerprint density at radius 2 is 1.50 bits per heavy atom. The smallest absolute Gasteiger partial charge is 0.333 e. The molecular weight excluding hydrogens is 444 g/mol. The number of ether oxygens (including phenoxy) is 2. The van der Waals surface area contributed by atoms with Gasteiger partial charge in [-0.25, -0.2) is 19.2 Å². The van der Waals surface area contributed by atoms with Gasteiger partial charge in [-0.1, -0.05) is 59.8 Å². The van der Waals surface area contributed by atoms with Gasteiger partial charge in [0.05, 0.1) is 6.61 Å². The first-order valence-corrected chi connectivity index (χ1v) is 11.3. The molecule has 196 valence electrons. The van der Waals surface area contributed by atoms with E-state index in [4.69, 9.17) is 20.1 Å². The lowest BCUT2D eigenvalue weighted by atomic mass is 10.1. The monoisotopic (exact) mass is 486 g/mol. The van der Waals surface area contributed by atoms with E-state index in [1.165, 1.54) is 13.0 Å². The van der Waals surface area contributed by atoms with Gasteiger partial charge in [0.1, 0.15) is 6.10 Å². The lowest BCUT2D eigenvalue weighted by Crippen LogP contribution is -2.24. The summed E-state index contributed by atoms with van der Waals surface area (Å²) in [6, 6.07) is 0. The molecule has 0 aromatic carbocycles. The molecule has 0 heterocycles. The van der Waals surface area contributed by atoms with Crippen LogP contribution in [0.5, 0.6) is 0 Å². The quantitative estimate of drug-likeness (QED) is 0.173. The number of hydrogen-bond acceptors (Lipinski definition) is 7. The van der Waals surface area contributed by atoms with Crippen LogP contribution in [0.15, 0.2) is 37.0 Å². The molecule has 0 aromatic rings. The molecule has 3 N–H and O–H groups in total. The second-order valence-corrected chi connectivity index (χ2v) is 7.40. The predicted octanol–water partition coefficient (Wildman–Crippen LogP) is 4.44. The number of aliphatic hydroxyl groups excluding tert-OH is 1. The van der Waals surface area contributed by atoms with E-state index >= 15 is 0 Å². The van der Waals surface area contributed by atoms with Crippen molar-refractivity contribution in [3.8, 4) is 0 Å². The van der Waals surface area contributed by atoms with Crippen molar-refractivity contribution in [2.75, 3.05) is 6.61 Å². The molecule has 0 rings (SSSR count). The average Bonchev–Trinajstić information content (AvgIpc) is 2.78. The summed E-state index contributed by atoms with van der Waals surface area (Å²) in [6.45, 7) is 17.9. The van der Waals surface area contributed by atoms with E-state index < -0.39 is 24.0 Å². The highest BCUT2D eigenvalue weighted by atomic mass is 16.5. The molecule has 0 radical (unpaired) electrons. The second kappa shape index (κ2) is 23.2. The summed E-state index contributed by atoms with van der Waals surface area (Å²) in [5, 5.41) is 25.6. The molecule has 9 nitrogen and oxygen atoms in total. The Kier molecular flexibility index (Phi) is 24.4. The maximum Gasteiger partial charge on any atom is 0.333 e. The minimum Gasteiger partial charge on any atom is -0.479 e. The van der Waals surface area contributed by atoms with Crippen LogP contribution >= 0.6 is 0 Å². The Balaban J connectivity index is -0.000000527. The molecule has 0 aliphatic carbocycles. The first kappa shape index (κ1) is 35.6. The number of esters is 2. The van der Waals surface area contributed by atoms with Crippen molar-refractivity contribution in [1.82, 2.24) is 0 Å². The van der Waals surface area contributed by atoms with Gasteiger partial charge in [-0.15, -0.1) is 0 Å². The summed E-state index contributed by atoms with van der Waals surface area (Å²) in [7, 11) is 0. The van der Waals surface area contributed by atoms with Crippen molar-refractivity contribution in [3.63, 3.8) is 0 Å². The Bertz CT molecular complexity index is 641. The normalized spacial score (nSPS) is 11.2. The Morgan fingerprint density at radius 3 is 1.88 bits per heavy atom. The number of carboxylic acid groups (broad SMARTS) is 2. The SMILES string of the molecule is C=C(C)C(=O)O.C=C(CC(O)C(=O)O)C(=O)OC(CC)CCCCC.C=CC(=O)OCCCC. The van der Waals surface area contributed by atoms with Crippen molar-refractivity contribution in [3.05, 3.63) is 37.0 Å². The van der Waals surface area contributed by atoms with Crippen LogP contribution in [0.3, 0.4) is 0 Å². The maximum absolute atomic E-state index is 11.7. The summed E-state index contributed by atoms with van der Waals surface area (Å²) < 4.78 is 9.92. The molecule has 0 saturated heterocycles. The van der Waals surface area contributed by atoms with Gasteiger partial charge in [0.25, 0.3) is 0 Å². The van der Waals surface area contributed by atoms with Crippen LogP contribution in [0.25, 0.3) is 0 Å². The maximum atomic E-state index is 11.7. The highest BCUT2D eigenvalue weighted by Gasteiger charge is 2.21. The van der Waals surface area contributed by atoms with E-state index in [-0.39, 0.29) is 29.6 Å². The van der Waals surface area contributed by atoms with Gasteiger partial charge in [-0.3, -0.25) is 0 Å². The van der Waals surface area contributed by atoms with E-state index in [0.717, 1.165) is 38.5 Å². The summed E-state index contributed by atoms with van der Waals surface area (Å²) in [4.78, 5) is 42.1. The van der Waals surface area contributed by atoms with E-state index in [2.05, 4.69) is 31.4 Å². The van der Waals surface area contributed by atoms with Crippen LogP contribution in [-0.2, 0) is 28.7 Å². The minimum absolute atomic E-state index is 0.0103. The Hall–Kier alpha value is -2.94. The first-order valence-electron chi connectivity index (χ1n) is 11.3. The lowest BCUT2D eigenvalue weighted by molar-refractivity contribution is -0.148. The third-order valence-corrected chi connectivity index (χ3v) is 4.15. The van der Waals surface area contributed by atoms with Crippen molar-refractivity contribution < 1.29 is 44.0 Å². The van der Waals surface area contributed by atoms with E-state index in [9.17, 15) is 19.2 Å². The van der Waals surface area contributed by atoms with E-state index in [0.29, 0.717) is 13.0 Å². The summed E-state index contributed by atoms with van der Waals surface area (Å²) >= 11 is 0. The van der Waals surface area contributed by atoms with Gasteiger partial charge in [0.15, 0.2) is 6.10 Å². The number of rotatable bonds is 15. The molecular formula is C25H42O9. The zero-order chi connectivity index (χ0) is 27.1. The van der Waals surface area contributed by atoms with Crippen molar-refractivity contribution in [2.24, 2.45) is 0 Å². The van der Waals surface area contributed by atoms with Crippen molar-refractivity contribution >= 4 is 23.9 Å². The molecule has 2 atom stereocenters. The zero-order valence-electron chi connectivity index (χ0n) is 21.0. The molecule has 34 heavy (non-hydrogen) atoms.